The Bertz CT molecular complexity index is 860. The Morgan fingerprint density at radius 1 is 1.19 bits per heavy atom. The summed E-state index contributed by atoms with van der Waals surface area (Å²) >= 11 is 6.65. The molecule has 1 N–H and O–H groups in total. The first-order valence-electron chi connectivity index (χ1n) is 8.30. The Labute approximate surface area is 171 Å². The minimum Gasteiger partial charge on any atom is -0.480 e. The van der Waals surface area contributed by atoms with E-state index in [2.05, 4.69) is 37.0 Å². The molecule has 9 heteroatoms. The van der Waals surface area contributed by atoms with Crippen LogP contribution in [0.25, 0.3) is 0 Å². The highest BCUT2D eigenvalue weighted by Crippen LogP contribution is 2.52. The van der Waals surface area contributed by atoms with Gasteiger partial charge in [0.1, 0.15) is 5.75 Å². The summed E-state index contributed by atoms with van der Waals surface area (Å²) in [5.41, 5.74) is 0.621. The van der Waals surface area contributed by atoms with Gasteiger partial charge < -0.3 is 9.84 Å². The van der Waals surface area contributed by atoms with Crippen LogP contribution in [0.5, 0.6) is 5.75 Å². The molecule has 0 spiro atoms. The molecule has 27 heavy (non-hydrogen) atoms. The van der Waals surface area contributed by atoms with Crippen molar-refractivity contribution >= 4 is 55.9 Å². The number of carbonyl (C=O) groups is 3. The quantitative estimate of drug-likeness (QED) is 0.383. The molecule has 2 fully saturated rings. The Hall–Kier alpha value is -2.00. The number of hydrogen-bond donors (Lipinski definition) is 1. The molecule has 1 heterocycles. The number of hydrogen-bond acceptors (Lipinski definition) is 5. The summed E-state index contributed by atoms with van der Waals surface area (Å²) in [6.45, 7) is -0.472. The van der Waals surface area contributed by atoms with Gasteiger partial charge in [0.15, 0.2) is 6.61 Å². The summed E-state index contributed by atoms with van der Waals surface area (Å²) in [6.07, 6.45) is 6.38. The van der Waals surface area contributed by atoms with Gasteiger partial charge in [0, 0.05) is 0 Å². The van der Waals surface area contributed by atoms with Crippen LogP contribution in [-0.4, -0.2) is 40.7 Å². The summed E-state index contributed by atoms with van der Waals surface area (Å²) in [6, 6.07) is 3.34. The van der Waals surface area contributed by atoms with E-state index in [0.29, 0.717) is 20.3 Å². The zero-order valence-electron chi connectivity index (χ0n) is 13.8. The maximum atomic E-state index is 12.6. The van der Waals surface area contributed by atoms with Gasteiger partial charge in [-0.1, -0.05) is 12.2 Å². The van der Waals surface area contributed by atoms with Gasteiger partial charge in [0.25, 0.3) is 11.8 Å². The number of allylic oxidation sites excluding steroid dienone is 2. The number of rotatable bonds is 5. The Kier molecular flexibility index (Phi) is 4.67. The molecule has 2 aliphatic carbocycles. The van der Waals surface area contributed by atoms with Gasteiger partial charge in [-0.25, -0.2) is 4.79 Å². The molecule has 1 aromatic rings. The maximum absolute atomic E-state index is 12.6. The molecule has 0 radical (unpaired) electrons. The van der Waals surface area contributed by atoms with Crippen LogP contribution >= 0.6 is 31.9 Å². The first-order chi connectivity index (χ1) is 12.9. The predicted molar refractivity (Wildman–Crippen MR) is 102 cm³/mol. The summed E-state index contributed by atoms with van der Waals surface area (Å²) in [5.74, 6) is -1.49. The molecule has 1 saturated heterocycles. The van der Waals surface area contributed by atoms with E-state index in [-0.39, 0.29) is 35.5 Å². The zero-order chi connectivity index (χ0) is 19.3. The fraction of sp³-hybridized carbons (Fsp3) is 0.333. The van der Waals surface area contributed by atoms with Crippen LogP contribution in [0.15, 0.2) is 38.3 Å². The molecule has 0 unspecified atom stereocenters. The van der Waals surface area contributed by atoms with E-state index in [1.165, 1.54) is 6.21 Å². The third-order valence-corrected chi connectivity index (χ3v) is 6.31. The minimum absolute atomic E-state index is 0.144. The molecule has 4 atom stereocenters. The number of carboxylic acids is 1. The molecular weight excluding hydrogens is 484 g/mol. The lowest BCUT2D eigenvalue weighted by Gasteiger charge is -2.13. The third kappa shape index (κ3) is 3.12. The average Bonchev–Trinajstić information content (AvgIpc) is 3.27. The van der Waals surface area contributed by atoms with Gasteiger partial charge in [-0.15, -0.1) is 0 Å². The lowest BCUT2D eigenvalue weighted by Crippen LogP contribution is -2.28. The molecule has 2 bridgehead atoms. The van der Waals surface area contributed by atoms with Crippen molar-refractivity contribution in [2.45, 2.75) is 6.42 Å². The molecule has 1 aromatic carbocycles. The van der Waals surface area contributed by atoms with Crippen molar-refractivity contribution in [3.05, 3.63) is 38.8 Å². The topological polar surface area (TPSA) is 96.3 Å². The molecule has 7 nitrogen and oxygen atoms in total. The SMILES string of the molecule is O=C(O)COc1c(Br)cc(C=NN2C(=O)[C@@H]3[C@H](C2=O)[C@H]2C=C[C@H]3C2)cc1Br. The number of ether oxygens (including phenoxy) is 1. The number of benzene rings is 1. The van der Waals surface area contributed by atoms with Gasteiger partial charge in [-0.2, -0.15) is 10.1 Å². The van der Waals surface area contributed by atoms with E-state index >= 15 is 0 Å². The molecule has 2 amide bonds. The average molecular weight is 498 g/mol. The monoisotopic (exact) mass is 496 g/mol. The lowest BCUT2D eigenvalue weighted by atomic mass is 9.85. The highest BCUT2D eigenvalue weighted by molar-refractivity contribution is 9.11. The lowest BCUT2D eigenvalue weighted by molar-refractivity contribution is -0.141. The molecule has 3 aliphatic rings. The van der Waals surface area contributed by atoms with Crippen molar-refractivity contribution in [1.82, 2.24) is 5.01 Å². The second kappa shape index (κ2) is 6.87. The third-order valence-electron chi connectivity index (χ3n) is 5.13. The smallest absolute Gasteiger partial charge is 0.341 e. The second-order valence-corrected chi connectivity index (χ2v) is 8.44. The summed E-state index contributed by atoms with van der Waals surface area (Å²) in [5, 5.41) is 13.8. The minimum atomic E-state index is -1.08. The van der Waals surface area contributed by atoms with Crippen molar-refractivity contribution in [3.8, 4) is 5.75 Å². The van der Waals surface area contributed by atoms with E-state index in [4.69, 9.17) is 9.84 Å². The van der Waals surface area contributed by atoms with Gasteiger partial charge in [0.05, 0.1) is 27.0 Å². The van der Waals surface area contributed by atoms with Crippen LogP contribution in [0, 0.1) is 23.7 Å². The van der Waals surface area contributed by atoms with Crippen LogP contribution in [0.2, 0.25) is 0 Å². The zero-order valence-corrected chi connectivity index (χ0v) is 17.0. The van der Waals surface area contributed by atoms with Crippen LogP contribution in [0.1, 0.15) is 12.0 Å². The number of carbonyl (C=O) groups excluding carboxylic acids is 2. The van der Waals surface area contributed by atoms with Crippen LogP contribution in [0.3, 0.4) is 0 Å². The normalized spacial score (nSPS) is 28.4. The highest BCUT2D eigenvalue weighted by atomic mass is 79.9. The number of aliphatic carboxylic acids is 1. The number of halogens is 2. The first-order valence-corrected chi connectivity index (χ1v) is 9.89. The number of imide groups is 1. The van der Waals surface area contributed by atoms with Gasteiger partial charge in [-0.3, -0.25) is 9.59 Å². The van der Waals surface area contributed by atoms with E-state index < -0.39 is 12.6 Å². The fourth-order valence-corrected chi connectivity index (χ4v) is 5.50. The summed E-state index contributed by atoms with van der Waals surface area (Å²) < 4.78 is 6.26. The van der Waals surface area contributed by atoms with E-state index in [1.54, 1.807) is 12.1 Å². The van der Waals surface area contributed by atoms with Crippen LogP contribution in [0.4, 0.5) is 0 Å². The Morgan fingerprint density at radius 2 is 1.74 bits per heavy atom. The maximum Gasteiger partial charge on any atom is 0.341 e. The molecular formula is C18H14Br2N2O5. The highest BCUT2D eigenvalue weighted by Gasteiger charge is 2.59. The molecule has 4 rings (SSSR count). The van der Waals surface area contributed by atoms with Crippen LogP contribution < -0.4 is 4.74 Å². The predicted octanol–water partition coefficient (Wildman–Crippen LogP) is 2.82. The second-order valence-electron chi connectivity index (χ2n) is 6.73. The summed E-state index contributed by atoms with van der Waals surface area (Å²) in [4.78, 5) is 35.9. The van der Waals surface area contributed by atoms with Crippen molar-refractivity contribution in [3.63, 3.8) is 0 Å². The van der Waals surface area contributed by atoms with Crippen molar-refractivity contribution in [1.29, 1.82) is 0 Å². The first kappa shape index (κ1) is 18.4. The van der Waals surface area contributed by atoms with Gasteiger partial charge in [-0.05, 0) is 67.8 Å². The van der Waals surface area contributed by atoms with Crippen LogP contribution in [-0.2, 0) is 14.4 Å². The van der Waals surface area contributed by atoms with Gasteiger partial charge >= 0.3 is 5.97 Å². The number of nitrogens with zero attached hydrogens (tertiary/aromatic N) is 2. The number of carboxylic acid groups (broad SMARTS) is 1. The molecule has 1 aliphatic heterocycles. The largest absolute Gasteiger partial charge is 0.480 e. The fourth-order valence-electron chi connectivity index (χ4n) is 4.05. The van der Waals surface area contributed by atoms with Gasteiger partial charge in [0.2, 0.25) is 0 Å². The Morgan fingerprint density at radius 3 is 2.26 bits per heavy atom. The molecule has 1 saturated carbocycles. The standard InChI is InChI=1S/C18H14Br2N2O5/c19-11-3-8(4-12(20)16(11)27-7-13(23)24)6-21-22-17(25)14-9-1-2-10(5-9)15(14)18(22)26/h1-4,6,9-10,14-15H,5,7H2,(H,23,24)/t9-,10-,14-,15+/m0/s1. The summed E-state index contributed by atoms with van der Waals surface area (Å²) in [7, 11) is 0. The van der Waals surface area contributed by atoms with E-state index in [1.807, 2.05) is 12.2 Å². The number of fused-ring (bicyclic) bond motifs is 5. The molecule has 140 valence electrons. The van der Waals surface area contributed by atoms with Crippen molar-refractivity contribution in [2.24, 2.45) is 28.8 Å². The van der Waals surface area contributed by atoms with E-state index in [0.717, 1.165) is 11.4 Å². The Balaban J connectivity index is 1.53. The van der Waals surface area contributed by atoms with Crippen molar-refractivity contribution in [2.75, 3.05) is 6.61 Å². The van der Waals surface area contributed by atoms with Crippen molar-refractivity contribution < 1.29 is 24.2 Å². The van der Waals surface area contributed by atoms with E-state index in [9.17, 15) is 14.4 Å². The molecule has 0 aromatic heterocycles. The number of amides is 2. The number of hydrazone groups is 1.